The number of benzene rings is 1. The fourth-order valence-corrected chi connectivity index (χ4v) is 2.34. The van der Waals surface area contributed by atoms with E-state index in [2.05, 4.69) is 10.3 Å². The Hall–Kier alpha value is -2.53. The van der Waals surface area contributed by atoms with Gasteiger partial charge in [0.1, 0.15) is 0 Å². The summed E-state index contributed by atoms with van der Waals surface area (Å²) in [7, 11) is 1.54. The van der Waals surface area contributed by atoms with Crippen molar-refractivity contribution in [3.8, 4) is 11.5 Å². The second kappa shape index (κ2) is 8.36. The van der Waals surface area contributed by atoms with Crippen LogP contribution in [-0.2, 0) is 4.79 Å². The zero-order valence-corrected chi connectivity index (χ0v) is 14.6. The molecule has 6 heteroatoms. The van der Waals surface area contributed by atoms with Gasteiger partial charge < -0.3 is 14.8 Å². The van der Waals surface area contributed by atoms with Crippen molar-refractivity contribution in [3.63, 3.8) is 0 Å². The van der Waals surface area contributed by atoms with Crippen molar-refractivity contribution in [2.75, 3.05) is 19.0 Å². The topological polar surface area (TPSA) is 60.5 Å². The Morgan fingerprint density at radius 3 is 2.88 bits per heavy atom. The number of carbonyl (C=O) groups excluding carboxylic acids is 1. The van der Waals surface area contributed by atoms with E-state index in [1.54, 1.807) is 37.7 Å². The number of nitrogens with one attached hydrogen (secondary N) is 1. The van der Waals surface area contributed by atoms with E-state index in [0.29, 0.717) is 28.8 Å². The first-order chi connectivity index (χ1) is 11.5. The molecule has 0 saturated carbocycles. The van der Waals surface area contributed by atoms with Gasteiger partial charge in [-0.25, -0.2) is 0 Å². The molecular weight excluding hydrogens is 328 g/mol. The number of methoxy groups -OCH3 is 1. The Labute approximate surface area is 146 Å². The molecule has 0 bridgehead atoms. The van der Waals surface area contributed by atoms with E-state index in [-0.39, 0.29) is 5.91 Å². The van der Waals surface area contributed by atoms with Crippen molar-refractivity contribution in [1.29, 1.82) is 0 Å². The summed E-state index contributed by atoms with van der Waals surface area (Å²) in [6.07, 6.45) is 6.37. The van der Waals surface area contributed by atoms with Gasteiger partial charge in [-0.2, -0.15) is 0 Å². The molecule has 1 N–H and O–H groups in total. The molecule has 2 aromatic rings. The zero-order valence-electron chi connectivity index (χ0n) is 13.8. The molecule has 0 saturated heterocycles. The van der Waals surface area contributed by atoms with Gasteiger partial charge in [0.05, 0.1) is 30.6 Å². The van der Waals surface area contributed by atoms with Crippen LogP contribution in [0.2, 0.25) is 5.02 Å². The highest BCUT2D eigenvalue weighted by atomic mass is 35.5. The molecule has 0 atom stereocenters. The molecule has 1 aromatic carbocycles. The Morgan fingerprint density at radius 2 is 2.21 bits per heavy atom. The quantitative estimate of drug-likeness (QED) is 0.800. The lowest BCUT2D eigenvalue weighted by Crippen LogP contribution is -2.09. The number of carbonyl (C=O) groups is 1. The average molecular weight is 347 g/mol. The van der Waals surface area contributed by atoms with Crippen LogP contribution < -0.4 is 14.8 Å². The number of halogens is 1. The summed E-state index contributed by atoms with van der Waals surface area (Å²) in [6.45, 7) is 4.25. The fourth-order valence-electron chi connectivity index (χ4n) is 2.06. The molecule has 2 rings (SSSR count). The molecular formula is C18H19ClN2O3. The molecule has 0 radical (unpaired) electrons. The van der Waals surface area contributed by atoms with E-state index in [9.17, 15) is 4.79 Å². The highest BCUT2D eigenvalue weighted by Crippen LogP contribution is 2.36. The second-order valence-electron chi connectivity index (χ2n) is 4.98. The number of hydrogen-bond donors (Lipinski definition) is 1. The van der Waals surface area contributed by atoms with E-state index < -0.39 is 0 Å². The number of pyridine rings is 1. The van der Waals surface area contributed by atoms with Gasteiger partial charge in [0.15, 0.2) is 11.5 Å². The maximum absolute atomic E-state index is 12.0. The fraction of sp³-hybridized carbons (Fsp3) is 0.222. The van der Waals surface area contributed by atoms with Gasteiger partial charge in [0.2, 0.25) is 5.91 Å². The lowest BCUT2D eigenvalue weighted by Gasteiger charge is -2.11. The monoisotopic (exact) mass is 346 g/mol. The van der Waals surface area contributed by atoms with Gasteiger partial charge in [0.25, 0.3) is 0 Å². The van der Waals surface area contributed by atoms with Crippen molar-refractivity contribution in [3.05, 3.63) is 52.8 Å². The summed E-state index contributed by atoms with van der Waals surface area (Å²) in [5.41, 5.74) is 2.35. The third kappa shape index (κ3) is 4.49. The number of anilines is 1. The van der Waals surface area contributed by atoms with Gasteiger partial charge in [-0.05, 0) is 49.2 Å². The average Bonchev–Trinajstić information content (AvgIpc) is 2.57. The highest BCUT2D eigenvalue weighted by molar-refractivity contribution is 6.32. The van der Waals surface area contributed by atoms with Crippen LogP contribution in [0.3, 0.4) is 0 Å². The molecule has 0 unspecified atom stereocenters. The number of nitrogens with zero attached hydrogens (tertiary/aromatic N) is 1. The van der Waals surface area contributed by atoms with Crippen LogP contribution >= 0.6 is 11.6 Å². The molecule has 5 nitrogen and oxygen atoms in total. The van der Waals surface area contributed by atoms with Crippen LogP contribution in [0.25, 0.3) is 6.08 Å². The van der Waals surface area contributed by atoms with Gasteiger partial charge in [0, 0.05) is 12.3 Å². The SMILES string of the molecule is CCOc1c(Cl)cc(C=CC(=O)Nc2cnccc2C)cc1OC. The predicted molar refractivity (Wildman–Crippen MR) is 95.8 cm³/mol. The minimum absolute atomic E-state index is 0.255. The number of rotatable bonds is 6. The zero-order chi connectivity index (χ0) is 17.5. The molecule has 0 aliphatic carbocycles. The van der Waals surface area contributed by atoms with Crippen molar-refractivity contribution in [2.45, 2.75) is 13.8 Å². The first-order valence-corrected chi connectivity index (χ1v) is 7.83. The first kappa shape index (κ1) is 17.8. The summed E-state index contributed by atoms with van der Waals surface area (Å²) >= 11 is 6.21. The van der Waals surface area contributed by atoms with Crippen LogP contribution in [0.5, 0.6) is 11.5 Å². The summed E-state index contributed by atoms with van der Waals surface area (Å²) in [6, 6.07) is 5.31. The summed E-state index contributed by atoms with van der Waals surface area (Å²) in [5.74, 6) is 0.761. The maximum Gasteiger partial charge on any atom is 0.248 e. The number of amides is 1. The largest absolute Gasteiger partial charge is 0.493 e. The van der Waals surface area contributed by atoms with Crippen LogP contribution in [-0.4, -0.2) is 24.6 Å². The molecule has 24 heavy (non-hydrogen) atoms. The predicted octanol–water partition coefficient (Wildman–Crippen LogP) is 4.10. The smallest absolute Gasteiger partial charge is 0.248 e. The first-order valence-electron chi connectivity index (χ1n) is 7.45. The summed E-state index contributed by atoms with van der Waals surface area (Å²) in [4.78, 5) is 16.0. The minimum Gasteiger partial charge on any atom is -0.493 e. The number of ether oxygens (including phenoxy) is 2. The van der Waals surface area contributed by atoms with Crippen molar-refractivity contribution >= 4 is 29.3 Å². The van der Waals surface area contributed by atoms with Crippen LogP contribution in [0, 0.1) is 6.92 Å². The third-order valence-electron chi connectivity index (χ3n) is 3.26. The molecule has 126 valence electrons. The Morgan fingerprint density at radius 1 is 1.42 bits per heavy atom. The minimum atomic E-state index is -0.255. The summed E-state index contributed by atoms with van der Waals surface area (Å²) < 4.78 is 10.7. The van der Waals surface area contributed by atoms with Gasteiger partial charge in [-0.3, -0.25) is 9.78 Å². The van der Waals surface area contributed by atoms with E-state index in [1.165, 1.54) is 6.08 Å². The lowest BCUT2D eigenvalue weighted by atomic mass is 10.2. The van der Waals surface area contributed by atoms with E-state index in [4.69, 9.17) is 21.1 Å². The Kier molecular flexibility index (Phi) is 6.21. The molecule has 1 aromatic heterocycles. The molecule has 0 fully saturated rings. The Bertz CT molecular complexity index is 760. The summed E-state index contributed by atoms with van der Waals surface area (Å²) in [5, 5.41) is 3.21. The van der Waals surface area contributed by atoms with Crippen LogP contribution in [0.15, 0.2) is 36.7 Å². The molecule has 1 heterocycles. The number of hydrogen-bond acceptors (Lipinski definition) is 4. The Balaban J connectivity index is 2.15. The van der Waals surface area contributed by atoms with Gasteiger partial charge >= 0.3 is 0 Å². The number of aryl methyl sites for hydroxylation is 1. The molecule has 0 spiro atoms. The third-order valence-corrected chi connectivity index (χ3v) is 3.55. The van der Waals surface area contributed by atoms with Gasteiger partial charge in [-0.15, -0.1) is 0 Å². The highest BCUT2D eigenvalue weighted by Gasteiger charge is 2.10. The van der Waals surface area contributed by atoms with E-state index in [1.807, 2.05) is 19.9 Å². The van der Waals surface area contributed by atoms with Gasteiger partial charge in [-0.1, -0.05) is 11.6 Å². The standard InChI is InChI=1S/C18H19ClN2O3/c1-4-24-18-14(19)9-13(10-16(18)23-3)5-6-17(22)21-15-11-20-8-7-12(15)2/h5-11H,4H2,1-3H3,(H,21,22). The molecule has 0 aliphatic rings. The van der Waals surface area contributed by atoms with Crippen molar-refractivity contribution < 1.29 is 14.3 Å². The van der Waals surface area contributed by atoms with E-state index >= 15 is 0 Å². The molecule has 1 amide bonds. The second-order valence-corrected chi connectivity index (χ2v) is 5.39. The van der Waals surface area contributed by atoms with E-state index in [0.717, 1.165) is 11.1 Å². The van der Waals surface area contributed by atoms with Crippen molar-refractivity contribution in [1.82, 2.24) is 4.98 Å². The molecule has 0 aliphatic heterocycles. The normalized spacial score (nSPS) is 10.7. The number of aromatic nitrogens is 1. The van der Waals surface area contributed by atoms with Crippen molar-refractivity contribution in [2.24, 2.45) is 0 Å². The maximum atomic E-state index is 12.0. The lowest BCUT2D eigenvalue weighted by molar-refractivity contribution is -0.111. The van der Waals surface area contributed by atoms with Crippen LogP contribution in [0.4, 0.5) is 5.69 Å². The van der Waals surface area contributed by atoms with Crippen LogP contribution in [0.1, 0.15) is 18.1 Å².